The van der Waals surface area contributed by atoms with E-state index in [0.717, 1.165) is 0 Å². The molecule has 0 aliphatic rings. The number of rotatable bonds is 15. The molecule has 0 spiro atoms. The molecular formula is C6H8Fe8N2O24P8. The molecule has 0 amide bonds. The first-order chi connectivity index (χ1) is 17.0. The van der Waals surface area contributed by atoms with Crippen molar-refractivity contribution in [1.29, 1.82) is 0 Å². The summed E-state index contributed by atoms with van der Waals surface area (Å²) in [6.07, 6.45) is 0. The zero-order chi connectivity index (χ0) is 32.9. The molecule has 0 saturated heterocycles. The maximum Gasteiger partial charge on any atom is 2.00 e. The Hall–Kier alpha value is 5.28. The van der Waals surface area contributed by atoms with E-state index in [-0.39, 0.29) is 137 Å². The zero-order valence-electron chi connectivity index (χ0n) is 20.8. The van der Waals surface area contributed by atoms with Crippen molar-refractivity contribution in [3.05, 3.63) is 0 Å². The van der Waals surface area contributed by atoms with Gasteiger partial charge in [-0.05, 0) is 60.8 Å². The third kappa shape index (κ3) is 23.5. The van der Waals surface area contributed by atoms with Gasteiger partial charge in [-0.3, -0.25) is 9.80 Å². The van der Waals surface area contributed by atoms with Crippen LogP contribution in [-0.4, -0.2) is 45.0 Å². The van der Waals surface area contributed by atoms with Crippen LogP contribution in [0.2, 0.25) is 0 Å². The van der Waals surface area contributed by atoms with E-state index in [9.17, 15) is 115 Å². The summed E-state index contributed by atoms with van der Waals surface area (Å²) in [6.45, 7) is -5.62. The molecule has 0 aromatic rings. The largest absolute Gasteiger partial charge is 2.00 e. The first-order valence-corrected chi connectivity index (χ1v) is 21.5. The average molecular weight is 1190 g/mol. The molecule has 0 radical (unpaired) electrons. The first-order valence-electron chi connectivity index (χ1n) is 8.61. The van der Waals surface area contributed by atoms with Gasteiger partial charge in [-0.1, -0.05) is 0 Å². The summed E-state index contributed by atoms with van der Waals surface area (Å²) in [5.74, 6) is 0. The van der Waals surface area contributed by atoms with Crippen molar-refractivity contribution >= 4 is 60.8 Å². The molecule has 26 nitrogen and oxygen atoms in total. The van der Waals surface area contributed by atoms with Gasteiger partial charge in [0.2, 0.25) is 0 Å². The Kier molecular flexibility index (Phi) is 39.6. The van der Waals surface area contributed by atoms with Crippen LogP contribution >= 0.6 is 60.8 Å². The summed E-state index contributed by atoms with van der Waals surface area (Å²) in [4.78, 5) is 179. The van der Waals surface area contributed by atoms with E-state index < -0.39 is 106 Å². The van der Waals surface area contributed by atoms with Gasteiger partial charge in [-0.25, -0.2) is 0 Å². The van der Waals surface area contributed by atoms with Gasteiger partial charge in [0.25, 0.3) is 0 Å². The Bertz CT molecular complexity index is 1040. The van der Waals surface area contributed by atoms with Crippen LogP contribution in [0.5, 0.6) is 0 Å². The second-order valence-electron chi connectivity index (χ2n) is 7.18. The monoisotopic (exact) mass is 1190 g/mol. The van der Waals surface area contributed by atoms with Crippen molar-refractivity contribution in [3.63, 3.8) is 0 Å². The summed E-state index contributed by atoms with van der Waals surface area (Å²) < 4.78 is 91.3. The maximum absolute atomic E-state index is 11.4. The van der Waals surface area contributed by atoms with Crippen molar-refractivity contribution in [1.82, 2.24) is 9.80 Å². The normalized spacial score (nSPS) is 13.2. The number of nitrogens with zero attached hydrogens (tertiary/aromatic N) is 2. The molecule has 0 atom stereocenters. The molecule has 0 N–H and O–H groups in total. The minimum Gasteiger partial charge on any atom is -0.809 e. The van der Waals surface area contributed by atoms with Crippen LogP contribution in [0.3, 0.4) is 0 Å². The average Bonchev–Trinajstić information content (AvgIpc) is 2.48. The molecular weight excluding hydrogens is 1180 g/mol. The van der Waals surface area contributed by atoms with Gasteiger partial charge < -0.3 is 115 Å². The van der Waals surface area contributed by atoms with Gasteiger partial charge in [0.05, 0.1) is 22.1 Å². The Morgan fingerprint density at radius 3 is 0.417 bits per heavy atom. The molecule has 0 aliphatic carbocycles. The van der Waals surface area contributed by atoms with Gasteiger partial charge in [-0.15, -0.1) is 0 Å². The van der Waals surface area contributed by atoms with Gasteiger partial charge in [0, 0.05) is 13.1 Å². The molecule has 48 heavy (non-hydrogen) atoms. The Balaban J connectivity index is -0.000000272. The van der Waals surface area contributed by atoms with Gasteiger partial charge in [0.15, 0.2) is 0 Å². The van der Waals surface area contributed by atoms with E-state index in [0.29, 0.717) is 0 Å². The van der Waals surface area contributed by atoms with Crippen LogP contribution in [0.1, 0.15) is 0 Å². The molecule has 0 saturated carbocycles. The summed E-state index contributed by atoms with van der Waals surface area (Å²) in [6, 6.07) is 0. The number of hydrogen-bond acceptors (Lipinski definition) is 26. The Labute approximate surface area is 353 Å². The van der Waals surface area contributed by atoms with Crippen molar-refractivity contribution in [3.8, 4) is 0 Å². The minimum atomic E-state index is -7.38. The summed E-state index contributed by atoms with van der Waals surface area (Å²) in [5, 5.41) is 0. The summed E-state index contributed by atoms with van der Waals surface area (Å²) in [5.41, 5.74) is -18.9. The second kappa shape index (κ2) is 25.6. The topological polar surface area (TPSA) is 512 Å². The van der Waals surface area contributed by atoms with Crippen molar-refractivity contribution in [2.75, 3.05) is 13.1 Å². The van der Waals surface area contributed by atoms with Crippen LogP contribution < -0.4 is 78.3 Å². The van der Waals surface area contributed by atoms with Crippen LogP contribution in [-0.2, 0) is 173 Å². The third-order valence-corrected chi connectivity index (χ3v) is 17.8. The fourth-order valence-corrected chi connectivity index (χ4v) is 14.4. The molecule has 0 aliphatic heterocycles. The van der Waals surface area contributed by atoms with E-state index in [1.807, 2.05) is 0 Å². The molecule has 0 heterocycles. The first kappa shape index (κ1) is 74.3. The predicted molar refractivity (Wildman–Crippen MR) is 89.4 cm³/mol. The van der Waals surface area contributed by atoms with E-state index in [1.54, 1.807) is 0 Å². The van der Waals surface area contributed by atoms with E-state index in [4.69, 9.17) is 0 Å². The van der Waals surface area contributed by atoms with Crippen molar-refractivity contribution in [2.24, 2.45) is 0 Å². The molecule has 42 heteroatoms. The Morgan fingerprint density at radius 2 is 0.354 bits per heavy atom. The molecule has 0 fully saturated rings. The molecule has 0 unspecified atom stereocenters. The van der Waals surface area contributed by atoms with Crippen LogP contribution in [0.4, 0.5) is 0 Å². The van der Waals surface area contributed by atoms with Crippen LogP contribution in [0.15, 0.2) is 0 Å². The minimum absolute atomic E-state index is 0. The molecule has 0 rings (SSSR count). The van der Waals surface area contributed by atoms with Gasteiger partial charge in [0.1, 0.15) is 0 Å². The van der Waals surface area contributed by atoms with Gasteiger partial charge in [-0.2, -0.15) is 0 Å². The standard InChI is InChI=1S/C6H24N2O24P8.8Fe/c9-33(10,11)3(34(12,13)14)7(4(35(15,16)17)36(18,19)20)1-2-8(5(37(21,22)23)38(24,25)26)6(39(27,28)29)40(30,31)32;;;;;;;;/h3-6H,1-2H2,(H2,9,10,11)(H2,12,13,14)(H2,15,16,17)(H2,18,19,20)(H2,21,22,23)(H2,24,25,26)(H2,27,28,29)(H2,30,31,32);;;;;;;;/q;8*+2/p-16. The van der Waals surface area contributed by atoms with Crippen LogP contribution in [0.25, 0.3) is 0 Å². The molecule has 0 aromatic heterocycles. The maximum atomic E-state index is 11.4. The third-order valence-electron chi connectivity index (χ3n) is 4.07. The predicted octanol–water partition coefficient (Wildman–Crippen LogP) is -14.0. The summed E-state index contributed by atoms with van der Waals surface area (Å²) in [7, 11) is -59.0. The molecule has 290 valence electrons. The van der Waals surface area contributed by atoms with E-state index in [2.05, 4.69) is 0 Å². The van der Waals surface area contributed by atoms with Crippen molar-refractivity contribution in [2.45, 2.75) is 22.1 Å². The zero-order valence-corrected chi connectivity index (χ0v) is 36.8. The SMILES string of the molecule is O=P([O-])([O-])C(N(CCN(C(P(=O)([O-])[O-])P(=O)([O-])[O-])C(P(=O)([O-])[O-])P(=O)([O-])[O-])C(P(=O)([O-])[O-])P(=O)([O-])[O-])P(=O)([O-])[O-].[Fe+2].[Fe+2].[Fe+2].[Fe+2].[Fe+2].[Fe+2].[Fe+2].[Fe+2]. The quantitative estimate of drug-likeness (QED) is 0.108. The second-order valence-corrected chi connectivity index (χ2v) is 21.4. The Morgan fingerprint density at radius 1 is 0.271 bits per heavy atom. The molecule has 0 bridgehead atoms. The summed E-state index contributed by atoms with van der Waals surface area (Å²) >= 11 is 0. The van der Waals surface area contributed by atoms with Gasteiger partial charge >= 0.3 is 137 Å². The smallest absolute Gasteiger partial charge is 0.809 e. The van der Waals surface area contributed by atoms with E-state index >= 15 is 0 Å². The number of hydrogen-bond donors (Lipinski definition) is 0. The van der Waals surface area contributed by atoms with Crippen molar-refractivity contribution < 1.29 is 251 Å². The molecule has 0 aromatic carbocycles. The van der Waals surface area contributed by atoms with E-state index in [1.165, 1.54) is 0 Å². The fourth-order valence-electron chi connectivity index (χ4n) is 3.08. The fraction of sp³-hybridized carbons (Fsp3) is 1.00. The van der Waals surface area contributed by atoms with Crippen LogP contribution in [0, 0.1) is 0 Å².